The Hall–Kier alpha value is -4.31. The monoisotopic (exact) mass is 502 g/mol. The number of anilines is 3. The van der Waals surface area contributed by atoms with Crippen molar-refractivity contribution in [2.75, 3.05) is 23.7 Å². The number of fused-ring (bicyclic) bond motifs is 1. The first-order valence-electron chi connectivity index (χ1n) is 11.3. The minimum Gasteiger partial charge on any atom is -0.486 e. The number of hydrogen-bond acceptors (Lipinski definition) is 9. The Kier molecular flexibility index (Phi) is 6.85. The number of ether oxygens (including phenoxy) is 1. The van der Waals surface area contributed by atoms with Crippen molar-refractivity contribution in [1.29, 1.82) is 0 Å². The number of rotatable bonds is 8. The van der Waals surface area contributed by atoms with Gasteiger partial charge in [0.05, 0.1) is 16.2 Å². The summed E-state index contributed by atoms with van der Waals surface area (Å²) in [6, 6.07) is 11.0. The summed E-state index contributed by atoms with van der Waals surface area (Å²) in [5.41, 5.74) is 2.79. The third kappa shape index (κ3) is 5.33. The summed E-state index contributed by atoms with van der Waals surface area (Å²) < 4.78 is 5.78. The van der Waals surface area contributed by atoms with E-state index in [4.69, 9.17) is 21.3 Å². The molecule has 1 saturated heterocycles. The highest BCUT2D eigenvalue weighted by Gasteiger charge is 2.25. The fourth-order valence-corrected chi connectivity index (χ4v) is 4.15. The lowest BCUT2D eigenvalue weighted by molar-refractivity contribution is -0.125. The summed E-state index contributed by atoms with van der Waals surface area (Å²) in [4.78, 5) is 35.1. The highest BCUT2D eigenvalue weighted by molar-refractivity contribution is 6.32. The average molecular weight is 503 g/mol. The van der Waals surface area contributed by atoms with Crippen LogP contribution < -0.4 is 15.4 Å². The highest BCUT2D eigenvalue weighted by atomic mass is 35.5. The van der Waals surface area contributed by atoms with E-state index >= 15 is 0 Å². The summed E-state index contributed by atoms with van der Waals surface area (Å²) in [6.45, 7) is 5.13. The molecule has 1 unspecified atom stereocenters. The third-order valence-corrected chi connectivity index (χ3v) is 6.02. The Labute approximate surface area is 212 Å². The first kappa shape index (κ1) is 23.4. The molecule has 1 atom stereocenters. The van der Waals surface area contributed by atoms with Crippen LogP contribution in [-0.2, 0) is 11.4 Å². The molecule has 2 N–H and O–H groups in total. The van der Waals surface area contributed by atoms with Crippen LogP contribution in [0, 0.1) is 0 Å². The summed E-state index contributed by atoms with van der Waals surface area (Å²) in [5.74, 6) is 1.71. The maximum absolute atomic E-state index is 11.9. The second-order valence-corrected chi connectivity index (χ2v) is 8.57. The van der Waals surface area contributed by atoms with Gasteiger partial charge in [-0.1, -0.05) is 18.2 Å². The number of likely N-dealkylation sites (tertiary alicyclic amines) is 1. The van der Waals surface area contributed by atoms with E-state index in [1.165, 1.54) is 18.7 Å². The van der Waals surface area contributed by atoms with E-state index in [1.807, 2.05) is 18.2 Å². The van der Waals surface area contributed by atoms with E-state index in [-0.39, 0.29) is 18.6 Å². The molecule has 0 aliphatic carbocycles. The molecule has 1 aliphatic heterocycles. The van der Waals surface area contributed by atoms with Gasteiger partial charge in [0.1, 0.15) is 36.3 Å². The number of hydrogen-bond donors (Lipinski definition) is 2. The number of nitrogens with zero attached hydrogens (tertiary/aromatic N) is 6. The molecule has 0 bridgehead atoms. The summed E-state index contributed by atoms with van der Waals surface area (Å²) in [6.07, 6.45) is 6.79. The van der Waals surface area contributed by atoms with Gasteiger partial charge in [-0.05, 0) is 48.9 Å². The lowest BCUT2D eigenvalue weighted by Crippen LogP contribution is -2.30. The Balaban J connectivity index is 1.30. The van der Waals surface area contributed by atoms with Gasteiger partial charge >= 0.3 is 0 Å². The van der Waals surface area contributed by atoms with Gasteiger partial charge in [-0.15, -0.1) is 0 Å². The van der Waals surface area contributed by atoms with E-state index in [9.17, 15) is 4.79 Å². The van der Waals surface area contributed by atoms with Crippen molar-refractivity contribution in [3.05, 3.63) is 78.6 Å². The van der Waals surface area contributed by atoms with Gasteiger partial charge in [0.25, 0.3) is 0 Å². The SMILES string of the molecule is C=CC(=O)N1CCC(Nc2ccc3ncnc(Nc4ccc(OCc5ccncn5)c(Cl)c4)c3n2)C1. The van der Waals surface area contributed by atoms with Gasteiger partial charge in [-0.25, -0.2) is 24.9 Å². The van der Waals surface area contributed by atoms with Gasteiger partial charge in [0, 0.05) is 31.0 Å². The molecule has 0 saturated carbocycles. The molecule has 0 radical (unpaired) electrons. The standard InChI is InChI=1S/C25H23ClN8O2/c1-2-23(35)34-10-8-17(12-34)31-22-6-4-20-24(33-22)25(30-15-29-20)32-16-3-5-21(19(26)11-16)36-13-18-7-9-27-14-28-18/h2-7,9,11,14-15,17H,1,8,10,12-13H2,(H,31,33)(H,29,30,32). The van der Waals surface area contributed by atoms with Crippen molar-refractivity contribution in [1.82, 2.24) is 29.8 Å². The first-order valence-corrected chi connectivity index (χ1v) is 11.7. The number of carbonyl (C=O) groups is 1. The van der Waals surface area contributed by atoms with Crippen molar-refractivity contribution in [3.8, 4) is 5.75 Å². The van der Waals surface area contributed by atoms with Crippen LogP contribution in [0.3, 0.4) is 0 Å². The minimum atomic E-state index is -0.0604. The molecule has 1 aliphatic rings. The van der Waals surface area contributed by atoms with E-state index in [0.717, 1.165) is 17.8 Å². The van der Waals surface area contributed by atoms with Crippen molar-refractivity contribution < 1.29 is 9.53 Å². The molecule has 0 spiro atoms. The summed E-state index contributed by atoms with van der Waals surface area (Å²) in [5, 5.41) is 7.13. The van der Waals surface area contributed by atoms with E-state index in [2.05, 4.69) is 37.1 Å². The molecular formula is C25H23ClN8O2. The molecule has 36 heavy (non-hydrogen) atoms. The molecule has 1 aromatic carbocycles. The zero-order valence-corrected chi connectivity index (χ0v) is 20.0. The van der Waals surface area contributed by atoms with Crippen LogP contribution in [0.5, 0.6) is 5.75 Å². The number of halogens is 1. The summed E-state index contributed by atoms with van der Waals surface area (Å²) in [7, 11) is 0. The molecule has 1 amide bonds. The first-order chi connectivity index (χ1) is 17.6. The smallest absolute Gasteiger partial charge is 0.246 e. The Morgan fingerprint density at radius 2 is 2.11 bits per heavy atom. The number of amides is 1. The van der Waals surface area contributed by atoms with E-state index < -0.39 is 0 Å². The maximum Gasteiger partial charge on any atom is 0.246 e. The number of benzene rings is 1. The minimum absolute atomic E-state index is 0.0604. The van der Waals surface area contributed by atoms with Gasteiger partial charge < -0.3 is 20.3 Å². The van der Waals surface area contributed by atoms with Gasteiger partial charge in [0.15, 0.2) is 5.82 Å². The summed E-state index contributed by atoms with van der Waals surface area (Å²) >= 11 is 6.45. The number of pyridine rings is 1. The van der Waals surface area contributed by atoms with Crippen molar-refractivity contribution in [2.45, 2.75) is 19.1 Å². The lowest BCUT2D eigenvalue weighted by Gasteiger charge is -2.16. The molecule has 11 heteroatoms. The molecule has 4 aromatic rings. The van der Waals surface area contributed by atoms with Crippen LogP contribution in [0.2, 0.25) is 5.02 Å². The lowest BCUT2D eigenvalue weighted by atomic mass is 10.2. The van der Waals surface area contributed by atoms with Crippen molar-refractivity contribution in [2.24, 2.45) is 0 Å². The second kappa shape index (κ2) is 10.5. The predicted molar refractivity (Wildman–Crippen MR) is 137 cm³/mol. The molecule has 3 aromatic heterocycles. The molecule has 10 nitrogen and oxygen atoms in total. The quantitative estimate of drug-likeness (QED) is 0.345. The zero-order valence-electron chi connectivity index (χ0n) is 19.3. The Bertz CT molecular complexity index is 1400. The molecule has 182 valence electrons. The number of nitrogens with one attached hydrogen (secondary N) is 2. The zero-order chi connectivity index (χ0) is 24.9. The van der Waals surface area contributed by atoms with E-state index in [0.29, 0.717) is 46.5 Å². The van der Waals surface area contributed by atoms with Crippen LogP contribution in [0.25, 0.3) is 11.0 Å². The molecule has 4 heterocycles. The number of carbonyl (C=O) groups excluding carboxylic acids is 1. The highest BCUT2D eigenvalue weighted by Crippen LogP contribution is 2.31. The fraction of sp³-hybridized carbons (Fsp3) is 0.200. The molecule has 1 fully saturated rings. The van der Waals surface area contributed by atoms with Crippen LogP contribution in [-0.4, -0.2) is 54.9 Å². The normalized spacial score (nSPS) is 15.0. The maximum atomic E-state index is 11.9. The van der Waals surface area contributed by atoms with Crippen molar-refractivity contribution in [3.63, 3.8) is 0 Å². The van der Waals surface area contributed by atoms with Crippen LogP contribution in [0.1, 0.15) is 12.1 Å². The largest absolute Gasteiger partial charge is 0.486 e. The van der Waals surface area contributed by atoms with Crippen LogP contribution in [0.15, 0.2) is 67.9 Å². The van der Waals surface area contributed by atoms with Crippen LogP contribution in [0.4, 0.5) is 17.3 Å². The second-order valence-electron chi connectivity index (χ2n) is 8.16. The van der Waals surface area contributed by atoms with Gasteiger partial charge in [-0.3, -0.25) is 4.79 Å². The fourth-order valence-electron chi connectivity index (χ4n) is 3.92. The molecule has 5 rings (SSSR count). The molecular weight excluding hydrogens is 480 g/mol. The number of aromatic nitrogens is 5. The van der Waals surface area contributed by atoms with Gasteiger partial charge in [-0.2, -0.15) is 0 Å². The van der Waals surface area contributed by atoms with Crippen LogP contribution >= 0.6 is 11.6 Å². The third-order valence-electron chi connectivity index (χ3n) is 5.72. The van der Waals surface area contributed by atoms with E-state index in [1.54, 1.807) is 29.3 Å². The van der Waals surface area contributed by atoms with Gasteiger partial charge in [0.2, 0.25) is 5.91 Å². The Morgan fingerprint density at radius 1 is 1.19 bits per heavy atom. The topological polar surface area (TPSA) is 118 Å². The average Bonchev–Trinajstić information content (AvgIpc) is 3.37. The Morgan fingerprint density at radius 3 is 2.92 bits per heavy atom. The predicted octanol–water partition coefficient (Wildman–Crippen LogP) is 3.99. The van der Waals surface area contributed by atoms with Crippen molar-refractivity contribution >= 4 is 45.9 Å².